The maximum Gasteiger partial charge on any atom is 0.490 e. The number of carbonyl (C=O) groups excluding carboxylic acids is 2. The molecule has 0 saturated carbocycles. The summed E-state index contributed by atoms with van der Waals surface area (Å²) in [5, 5.41) is 26.5. The Morgan fingerprint density at radius 1 is 0.839 bits per heavy atom. The lowest BCUT2D eigenvalue weighted by Crippen LogP contribution is -2.40. The summed E-state index contributed by atoms with van der Waals surface area (Å²) in [6.07, 6.45) is -13.6. The number of hydrogen-bond donors (Lipinski definition) is 8. The van der Waals surface area contributed by atoms with Crippen LogP contribution in [-0.2, 0) is 36.9 Å². The van der Waals surface area contributed by atoms with Gasteiger partial charge < -0.3 is 43.2 Å². The topological polar surface area (TPSA) is 264 Å². The number of alkyl halides is 9. The number of guanidine groups is 1. The smallest absolute Gasteiger partial charge is 0.475 e. The van der Waals surface area contributed by atoms with Gasteiger partial charge in [-0.05, 0) is 47.7 Å². The lowest BCUT2D eigenvalue weighted by molar-refractivity contribution is -0.193. The van der Waals surface area contributed by atoms with Gasteiger partial charge in [-0.2, -0.15) is 39.5 Å². The van der Waals surface area contributed by atoms with Gasteiger partial charge in [-0.15, -0.1) is 0 Å². The molecule has 2 aromatic rings. The minimum absolute atomic E-state index is 0.0420. The zero-order valence-corrected chi connectivity index (χ0v) is 28.9. The van der Waals surface area contributed by atoms with Crippen molar-refractivity contribution in [3.63, 3.8) is 0 Å². The first-order valence-corrected chi connectivity index (χ1v) is 15.5. The standard InChI is InChI=1S/C24H29ClFN7O2.3C2HF3O2/c25-19-4-2-17(9-20(19)26)31-22(34)23(35)32-21-15(10-30-24(28)29)8-14-7-13(1-3-18(14)21)11-33-6-5-16(27)12-33;3*3-2(4,5)1(6)7/h1-4,7,9,15-16,21H,5-6,8,10-12,27H2,(H,31,34)(H,32,35)(H4,28,29,30);3*(H,6,7)/t15-,16-,21-;;;/m1.../s1. The zero-order valence-electron chi connectivity index (χ0n) is 28.1. The summed E-state index contributed by atoms with van der Waals surface area (Å²) in [7, 11) is 0. The summed E-state index contributed by atoms with van der Waals surface area (Å²) in [6, 6.07) is 9.66. The molecule has 56 heavy (non-hydrogen) atoms. The Kier molecular flexibility index (Phi) is 17.8. The second kappa shape index (κ2) is 20.5. The normalized spacial score (nSPS) is 17.6. The van der Waals surface area contributed by atoms with Crippen molar-refractivity contribution in [2.24, 2.45) is 28.1 Å². The molecule has 1 aliphatic carbocycles. The van der Waals surface area contributed by atoms with Crippen LogP contribution in [0.1, 0.15) is 29.2 Å². The van der Waals surface area contributed by atoms with Crippen LogP contribution in [0.3, 0.4) is 0 Å². The quantitative estimate of drug-likeness (QED) is 0.0903. The number of benzene rings is 2. The molecule has 2 aliphatic rings. The molecule has 3 atom stereocenters. The van der Waals surface area contributed by atoms with Crippen molar-refractivity contribution in [1.29, 1.82) is 0 Å². The lowest BCUT2D eigenvalue weighted by atomic mass is 10.0. The molecule has 1 saturated heterocycles. The number of nitrogens with one attached hydrogen (secondary N) is 2. The maximum atomic E-state index is 13.7. The Morgan fingerprint density at radius 3 is 1.79 bits per heavy atom. The maximum absolute atomic E-state index is 13.7. The van der Waals surface area contributed by atoms with Crippen molar-refractivity contribution in [2.45, 2.75) is 50.0 Å². The number of carboxylic acid groups (broad SMARTS) is 3. The van der Waals surface area contributed by atoms with Gasteiger partial charge in [0.15, 0.2) is 5.96 Å². The van der Waals surface area contributed by atoms with E-state index in [1.165, 1.54) is 12.1 Å². The predicted molar refractivity (Wildman–Crippen MR) is 174 cm³/mol. The number of nitrogens with zero attached hydrogens (tertiary/aromatic N) is 2. The van der Waals surface area contributed by atoms with Gasteiger partial charge in [-0.3, -0.25) is 19.5 Å². The van der Waals surface area contributed by atoms with Gasteiger partial charge in [0.2, 0.25) is 0 Å². The molecule has 4 rings (SSSR count). The second-order valence-corrected chi connectivity index (χ2v) is 11.9. The van der Waals surface area contributed by atoms with E-state index in [4.69, 9.17) is 58.5 Å². The van der Waals surface area contributed by atoms with Crippen LogP contribution >= 0.6 is 11.6 Å². The molecule has 0 bridgehead atoms. The van der Waals surface area contributed by atoms with Gasteiger partial charge in [0.1, 0.15) is 5.82 Å². The monoisotopic (exact) mass is 843 g/mol. The fourth-order valence-corrected chi connectivity index (χ4v) is 4.83. The first kappa shape index (κ1) is 48.6. The van der Waals surface area contributed by atoms with Crippen LogP contribution in [0, 0.1) is 11.7 Å². The molecular weight excluding hydrogens is 812 g/mol. The zero-order chi connectivity index (χ0) is 43.3. The molecule has 15 nitrogen and oxygen atoms in total. The van der Waals surface area contributed by atoms with Crippen molar-refractivity contribution in [2.75, 3.05) is 25.0 Å². The highest BCUT2D eigenvalue weighted by molar-refractivity contribution is 6.39. The number of amides is 2. The molecule has 2 aromatic carbocycles. The highest BCUT2D eigenvalue weighted by atomic mass is 35.5. The summed E-state index contributed by atoms with van der Waals surface area (Å²) >= 11 is 5.67. The summed E-state index contributed by atoms with van der Waals surface area (Å²) in [5.41, 5.74) is 20.4. The molecule has 11 N–H and O–H groups in total. The summed E-state index contributed by atoms with van der Waals surface area (Å²) in [4.78, 5) is 58.4. The number of hydrogen-bond acceptors (Lipinski definition) is 8. The Labute approximate surface area is 313 Å². The number of carbonyl (C=O) groups is 5. The molecule has 1 heterocycles. The minimum Gasteiger partial charge on any atom is -0.475 e. The van der Waals surface area contributed by atoms with Gasteiger partial charge in [-0.1, -0.05) is 29.8 Å². The van der Waals surface area contributed by atoms with Gasteiger partial charge in [0.05, 0.1) is 11.1 Å². The second-order valence-electron chi connectivity index (χ2n) is 11.5. The fraction of sp³-hybridized carbons (Fsp3) is 0.400. The van der Waals surface area contributed by atoms with Gasteiger partial charge in [-0.25, -0.2) is 18.8 Å². The van der Waals surface area contributed by atoms with Gasteiger partial charge in [0, 0.05) is 43.8 Å². The van der Waals surface area contributed by atoms with E-state index < -0.39 is 60.1 Å². The highest BCUT2D eigenvalue weighted by Gasteiger charge is 2.40. The Morgan fingerprint density at radius 2 is 1.36 bits per heavy atom. The number of halogens is 11. The van der Waals surface area contributed by atoms with E-state index in [1.807, 2.05) is 12.1 Å². The molecule has 0 unspecified atom stereocenters. The molecule has 1 aliphatic heterocycles. The SMILES string of the molecule is NC(N)=NC[C@H]1Cc2cc(CN3CC[C@@H](N)C3)ccc2[C@@H]1NC(=O)C(=O)Nc1ccc(Cl)c(F)c1.O=C(O)C(F)(F)F.O=C(O)C(F)(F)F.O=C(O)C(F)(F)F. The average Bonchev–Trinajstić information content (AvgIpc) is 3.62. The van der Waals surface area contributed by atoms with E-state index in [2.05, 4.69) is 26.6 Å². The number of aliphatic carboxylic acids is 3. The number of nitrogens with two attached hydrogens (primary N) is 3. The summed E-state index contributed by atoms with van der Waals surface area (Å²) < 4.78 is 109. The number of carboxylic acids is 3. The number of likely N-dealkylation sites (tertiary alicyclic amines) is 1. The first-order valence-electron chi connectivity index (χ1n) is 15.1. The first-order chi connectivity index (χ1) is 25.5. The highest BCUT2D eigenvalue weighted by Crippen LogP contribution is 2.37. The third-order valence-electron chi connectivity index (χ3n) is 7.12. The van der Waals surface area contributed by atoms with Crippen molar-refractivity contribution in [3.8, 4) is 0 Å². The van der Waals surface area contributed by atoms with E-state index in [9.17, 15) is 53.5 Å². The van der Waals surface area contributed by atoms with E-state index in [0.717, 1.165) is 48.8 Å². The number of anilines is 1. The summed E-state index contributed by atoms with van der Waals surface area (Å²) in [5.74, 6) is -10.9. The van der Waals surface area contributed by atoms with Crippen LogP contribution in [0.5, 0.6) is 0 Å². The Balaban J connectivity index is 0.000000610. The largest absolute Gasteiger partial charge is 0.490 e. The third-order valence-corrected chi connectivity index (χ3v) is 7.42. The molecule has 0 aromatic heterocycles. The van der Waals surface area contributed by atoms with Crippen LogP contribution in [0.15, 0.2) is 41.4 Å². The number of aliphatic imine (C=N–C) groups is 1. The molecular formula is C30H32ClF10N7O8. The summed E-state index contributed by atoms with van der Waals surface area (Å²) in [6.45, 7) is 2.94. The fourth-order valence-electron chi connectivity index (χ4n) is 4.71. The average molecular weight is 844 g/mol. The molecule has 0 radical (unpaired) electrons. The van der Waals surface area contributed by atoms with Crippen molar-refractivity contribution >= 4 is 53.0 Å². The molecule has 1 fully saturated rings. The van der Waals surface area contributed by atoms with Crippen LogP contribution in [-0.4, -0.2) is 100 Å². The van der Waals surface area contributed by atoms with Crippen LogP contribution in [0.4, 0.5) is 49.6 Å². The van der Waals surface area contributed by atoms with E-state index in [1.54, 1.807) is 0 Å². The van der Waals surface area contributed by atoms with E-state index >= 15 is 0 Å². The van der Waals surface area contributed by atoms with E-state index in [0.29, 0.717) is 13.0 Å². The van der Waals surface area contributed by atoms with Crippen LogP contribution in [0.25, 0.3) is 0 Å². The predicted octanol–water partition coefficient (Wildman–Crippen LogP) is 3.15. The molecule has 26 heteroatoms. The van der Waals surface area contributed by atoms with Crippen LogP contribution in [0.2, 0.25) is 5.02 Å². The third kappa shape index (κ3) is 16.9. The Hall–Kier alpha value is -5.43. The van der Waals surface area contributed by atoms with E-state index in [-0.39, 0.29) is 28.6 Å². The van der Waals surface area contributed by atoms with Crippen molar-refractivity contribution in [1.82, 2.24) is 10.2 Å². The van der Waals surface area contributed by atoms with Gasteiger partial charge in [0.25, 0.3) is 0 Å². The van der Waals surface area contributed by atoms with Crippen LogP contribution < -0.4 is 27.8 Å². The van der Waals surface area contributed by atoms with Gasteiger partial charge >= 0.3 is 48.3 Å². The number of fused-ring (bicyclic) bond motifs is 1. The number of rotatable bonds is 6. The Bertz CT molecular complexity index is 1700. The molecule has 312 valence electrons. The lowest BCUT2D eigenvalue weighted by Gasteiger charge is -2.21. The van der Waals surface area contributed by atoms with Crippen molar-refractivity contribution < 1.29 is 83.2 Å². The molecule has 0 spiro atoms. The van der Waals surface area contributed by atoms with Crippen molar-refractivity contribution in [3.05, 3.63) is 63.9 Å². The molecule has 2 amide bonds. The minimum atomic E-state index is -5.08.